The van der Waals surface area contributed by atoms with Gasteiger partial charge < -0.3 is 16.0 Å². The fourth-order valence-electron chi connectivity index (χ4n) is 1.98. The normalized spacial score (nSPS) is 17.8. The molecule has 1 aliphatic heterocycles. The van der Waals surface area contributed by atoms with Gasteiger partial charge in [0.2, 0.25) is 11.8 Å². The van der Waals surface area contributed by atoms with Gasteiger partial charge in [0.1, 0.15) is 0 Å². The first-order chi connectivity index (χ1) is 9.56. The van der Waals surface area contributed by atoms with E-state index in [1.54, 1.807) is 18.2 Å². The Hall–Kier alpha value is -1.30. The zero-order chi connectivity index (χ0) is 14.5. The van der Waals surface area contributed by atoms with E-state index in [0.29, 0.717) is 22.3 Å². The lowest BCUT2D eigenvalue weighted by Crippen LogP contribution is -2.37. The second-order valence-corrected chi connectivity index (χ2v) is 5.42. The standard InChI is InChI=1S/C13H15Cl2N3O2/c14-9-1-2-10(15)11(5-9)18-12(19)7-17-13(20)8-3-4-16-6-8/h1-2,5,8,16H,3-4,6-7H2,(H,17,20)(H,18,19). The quantitative estimate of drug-likeness (QED) is 0.791. The number of amides is 2. The highest BCUT2D eigenvalue weighted by Crippen LogP contribution is 2.25. The highest BCUT2D eigenvalue weighted by Gasteiger charge is 2.22. The molecule has 1 atom stereocenters. The van der Waals surface area contributed by atoms with Crippen LogP contribution in [0.2, 0.25) is 10.0 Å². The maximum Gasteiger partial charge on any atom is 0.243 e. The molecule has 3 N–H and O–H groups in total. The molecular weight excluding hydrogens is 301 g/mol. The van der Waals surface area contributed by atoms with Crippen molar-refractivity contribution >= 4 is 40.7 Å². The molecule has 20 heavy (non-hydrogen) atoms. The SMILES string of the molecule is O=C(CNC(=O)C1CCNC1)Nc1cc(Cl)ccc1Cl. The monoisotopic (exact) mass is 315 g/mol. The van der Waals surface area contributed by atoms with E-state index in [1.807, 2.05) is 0 Å². The summed E-state index contributed by atoms with van der Waals surface area (Å²) in [6.45, 7) is 1.41. The van der Waals surface area contributed by atoms with Crippen LogP contribution in [0.1, 0.15) is 6.42 Å². The highest BCUT2D eigenvalue weighted by atomic mass is 35.5. The molecule has 1 aliphatic rings. The Kier molecular flexibility index (Phi) is 5.23. The minimum Gasteiger partial charge on any atom is -0.347 e. The zero-order valence-electron chi connectivity index (χ0n) is 10.7. The van der Waals surface area contributed by atoms with Crippen molar-refractivity contribution in [1.29, 1.82) is 0 Å². The van der Waals surface area contributed by atoms with Crippen molar-refractivity contribution in [1.82, 2.24) is 10.6 Å². The smallest absolute Gasteiger partial charge is 0.243 e. The van der Waals surface area contributed by atoms with E-state index in [9.17, 15) is 9.59 Å². The van der Waals surface area contributed by atoms with Crippen molar-refractivity contribution in [3.8, 4) is 0 Å². The molecule has 0 saturated carbocycles. The lowest BCUT2D eigenvalue weighted by atomic mass is 10.1. The molecule has 1 heterocycles. The average Bonchev–Trinajstić information content (AvgIpc) is 2.94. The second kappa shape index (κ2) is 6.92. The highest BCUT2D eigenvalue weighted by molar-refractivity contribution is 6.35. The predicted molar refractivity (Wildman–Crippen MR) is 79.1 cm³/mol. The van der Waals surface area contributed by atoms with Crippen molar-refractivity contribution < 1.29 is 9.59 Å². The third-order valence-electron chi connectivity index (χ3n) is 3.06. The first-order valence-electron chi connectivity index (χ1n) is 6.29. The van der Waals surface area contributed by atoms with E-state index in [4.69, 9.17) is 23.2 Å². The minimum atomic E-state index is -0.339. The van der Waals surface area contributed by atoms with Crippen LogP contribution in [0.15, 0.2) is 18.2 Å². The van der Waals surface area contributed by atoms with Crippen LogP contribution in [0.25, 0.3) is 0 Å². The summed E-state index contributed by atoms with van der Waals surface area (Å²) < 4.78 is 0. The summed E-state index contributed by atoms with van der Waals surface area (Å²) >= 11 is 11.8. The molecule has 5 nitrogen and oxygen atoms in total. The van der Waals surface area contributed by atoms with E-state index in [-0.39, 0.29) is 24.3 Å². The maximum atomic E-state index is 11.8. The van der Waals surface area contributed by atoms with Gasteiger partial charge in [-0.15, -0.1) is 0 Å². The van der Waals surface area contributed by atoms with Gasteiger partial charge in [0.15, 0.2) is 0 Å². The number of hydrogen-bond donors (Lipinski definition) is 3. The summed E-state index contributed by atoms with van der Waals surface area (Å²) in [7, 11) is 0. The van der Waals surface area contributed by atoms with Crippen LogP contribution in [-0.2, 0) is 9.59 Å². The summed E-state index contributed by atoms with van der Waals surface area (Å²) in [4.78, 5) is 23.5. The molecule has 2 amide bonds. The van der Waals surface area contributed by atoms with Gasteiger partial charge in [-0.3, -0.25) is 9.59 Å². The van der Waals surface area contributed by atoms with Gasteiger partial charge in [-0.05, 0) is 31.2 Å². The van der Waals surface area contributed by atoms with E-state index < -0.39 is 0 Å². The fourth-order valence-corrected chi connectivity index (χ4v) is 2.31. The number of nitrogens with one attached hydrogen (secondary N) is 3. The van der Waals surface area contributed by atoms with Gasteiger partial charge in [0, 0.05) is 11.6 Å². The van der Waals surface area contributed by atoms with E-state index in [1.165, 1.54) is 0 Å². The maximum absolute atomic E-state index is 11.8. The third-order valence-corrected chi connectivity index (χ3v) is 3.62. The number of carbonyl (C=O) groups excluding carboxylic acids is 2. The molecule has 1 saturated heterocycles. The van der Waals surface area contributed by atoms with Crippen LogP contribution in [0.4, 0.5) is 5.69 Å². The van der Waals surface area contributed by atoms with Gasteiger partial charge in [-0.25, -0.2) is 0 Å². The average molecular weight is 316 g/mol. The van der Waals surface area contributed by atoms with Gasteiger partial charge >= 0.3 is 0 Å². The van der Waals surface area contributed by atoms with Crippen molar-refractivity contribution in [2.75, 3.05) is 25.0 Å². The van der Waals surface area contributed by atoms with Crippen molar-refractivity contribution in [2.24, 2.45) is 5.92 Å². The van der Waals surface area contributed by atoms with Crippen LogP contribution >= 0.6 is 23.2 Å². The molecule has 1 aromatic rings. The number of carbonyl (C=O) groups is 2. The predicted octanol–water partition coefficient (Wildman–Crippen LogP) is 1.66. The van der Waals surface area contributed by atoms with Crippen LogP contribution in [-0.4, -0.2) is 31.4 Å². The molecule has 0 spiro atoms. The first kappa shape index (κ1) is 15.1. The second-order valence-electron chi connectivity index (χ2n) is 4.58. The molecule has 0 aromatic heterocycles. The molecule has 108 valence electrons. The zero-order valence-corrected chi connectivity index (χ0v) is 12.2. The molecule has 0 aliphatic carbocycles. The Balaban J connectivity index is 1.83. The lowest BCUT2D eigenvalue weighted by Gasteiger charge is -2.11. The number of benzene rings is 1. The van der Waals surface area contributed by atoms with E-state index in [0.717, 1.165) is 13.0 Å². The molecule has 7 heteroatoms. The summed E-state index contributed by atoms with van der Waals surface area (Å²) in [5, 5.41) is 9.20. The Morgan fingerprint density at radius 2 is 2.15 bits per heavy atom. The van der Waals surface area contributed by atoms with E-state index >= 15 is 0 Å². The van der Waals surface area contributed by atoms with E-state index in [2.05, 4.69) is 16.0 Å². The lowest BCUT2D eigenvalue weighted by molar-refractivity contribution is -0.126. The van der Waals surface area contributed by atoms with Crippen LogP contribution in [0.3, 0.4) is 0 Å². The van der Waals surface area contributed by atoms with Gasteiger partial charge in [-0.1, -0.05) is 23.2 Å². The first-order valence-corrected chi connectivity index (χ1v) is 7.05. The van der Waals surface area contributed by atoms with Crippen LogP contribution in [0.5, 0.6) is 0 Å². The Morgan fingerprint density at radius 1 is 1.35 bits per heavy atom. The molecular formula is C13H15Cl2N3O2. The third kappa shape index (κ3) is 4.10. The van der Waals surface area contributed by atoms with Crippen LogP contribution in [0, 0.1) is 5.92 Å². The topological polar surface area (TPSA) is 70.2 Å². The largest absolute Gasteiger partial charge is 0.347 e. The Bertz CT molecular complexity index is 516. The number of anilines is 1. The number of hydrogen-bond acceptors (Lipinski definition) is 3. The van der Waals surface area contributed by atoms with Gasteiger partial charge in [0.25, 0.3) is 0 Å². The van der Waals surface area contributed by atoms with Crippen LogP contribution < -0.4 is 16.0 Å². The molecule has 1 unspecified atom stereocenters. The molecule has 1 aromatic carbocycles. The number of halogens is 2. The van der Waals surface area contributed by atoms with Crippen molar-refractivity contribution in [3.63, 3.8) is 0 Å². The summed E-state index contributed by atoms with van der Waals surface area (Å²) in [6, 6.07) is 4.79. The minimum absolute atomic E-state index is 0.0578. The fraction of sp³-hybridized carbons (Fsp3) is 0.385. The number of rotatable bonds is 4. The molecule has 0 radical (unpaired) electrons. The molecule has 2 rings (SSSR count). The molecule has 1 fully saturated rings. The van der Waals surface area contributed by atoms with Gasteiger partial charge in [-0.2, -0.15) is 0 Å². The Labute approximate surface area is 127 Å². The molecule has 0 bridgehead atoms. The summed E-state index contributed by atoms with van der Waals surface area (Å²) in [6.07, 6.45) is 0.799. The summed E-state index contributed by atoms with van der Waals surface area (Å²) in [5.74, 6) is -0.506. The van der Waals surface area contributed by atoms with Crippen molar-refractivity contribution in [3.05, 3.63) is 28.2 Å². The summed E-state index contributed by atoms with van der Waals surface area (Å²) in [5.41, 5.74) is 0.431. The van der Waals surface area contributed by atoms with Gasteiger partial charge in [0.05, 0.1) is 23.2 Å². The van der Waals surface area contributed by atoms with Crippen molar-refractivity contribution in [2.45, 2.75) is 6.42 Å². The Morgan fingerprint density at radius 3 is 2.85 bits per heavy atom.